The Morgan fingerprint density at radius 1 is 0.512 bits per heavy atom. The van der Waals surface area contributed by atoms with Crippen LogP contribution in [0.2, 0.25) is 0 Å². The molecule has 10 aliphatic heterocycles. The lowest BCUT2D eigenvalue weighted by Crippen LogP contribution is -2.48. The monoisotopic (exact) mass is 1110 g/mol. The van der Waals surface area contributed by atoms with E-state index < -0.39 is 0 Å². The summed E-state index contributed by atoms with van der Waals surface area (Å²) in [5.41, 5.74) is 3.84. The molecule has 12 atom stereocenters. The molecule has 0 radical (unpaired) electrons. The highest BCUT2D eigenvalue weighted by Crippen LogP contribution is 2.40. The first-order valence-corrected chi connectivity index (χ1v) is 30.5. The minimum absolute atomic E-state index is 0.00408. The molecule has 10 rings (SSSR count). The van der Waals surface area contributed by atoms with Gasteiger partial charge in [0.15, 0.2) is 5.78 Å². The molecule has 0 aromatic carbocycles. The second-order valence-electron chi connectivity index (χ2n) is 26.7. The van der Waals surface area contributed by atoms with Crippen LogP contribution in [0.5, 0.6) is 0 Å². The smallest absolute Gasteiger partial charge is 0.250 e. The molecule has 18 nitrogen and oxygen atoms in total. The number of hydrogen-bond donors (Lipinski definition) is 2. The van der Waals surface area contributed by atoms with Crippen LogP contribution in [0.3, 0.4) is 0 Å². The van der Waals surface area contributed by atoms with Crippen molar-refractivity contribution in [3.05, 3.63) is 58.9 Å². The summed E-state index contributed by atoms with van der Waals surface area (Å²) in [5.74, 6) is 2.28. The van der Waals surface area contributed by atoms with Gasteiger partial charge in [-0.1, -0.05) is 68.2 Å². The number of carbonyl (C=O) groups excluding carboxylic acids is 7. The zero-order valence-corrected chi connectivity index (χ0v) is 50.3. The fourth-order valence-electron chi connectivity index (χ4n) is 14.9. The summed E-state index contributed by atoms with van der Waals surface area (Å²) >= 11 is 0. The van der Waals surface area contributed by atoms with Crippen molar-refractivity contribution in [2.24, 2.45) is 23.7 Å². The molecule has 0 bridgehead atoms. The number of Topliss-reactive ketones (excluding diaryl/α,β-unsaturated/α-hetero) is 1. The Labute approximate surface area is 476 Å². The molecular weight excluding hydrogens is 1010 g/mol. The fraction of sp³-hybridized carbons (Fsp3) is 0.726. The topological polar surface area (TPSA) is 179 Å². The number of nitrogens with one attached hydrogen (secondary N) is 2. The second-order valence-corrected chi connectivity index (χ2v) is 26.7. The number of ether oxygens (including phenoxy) is 1. The van der Waals surface area contributed by atoms with Gasteiger partial charge in [0, 0.05) is 106 Å². The first kappa shape index (κ1) is 58.8. The zero-order chi connectivity index (χ0) is 57.8. The van der Waals surface area contributed by atoms with E-state index in [0.29, 0.717) is 18.4 Å². The number of carbonyl (C=O) groups is 7. The van der Waals surface area contributed by atoms with Crippen LogP contribution in [0, 0.1) is 23.7 Å². The van der Waals surface area contributed by atoms with Gasteiger partial charge in [0.2, 0.25) is 29.5 Å². The van der Waals surface area contributed by atoms with Gasteiger partial charge in [-0.2, -0.15) is 0 Å². The van der Waals surface area contributed by atoms with E-state index in [-0.39, 0.29) is 126 Å². The normalized spacial score (nSPS) is 31.8. The number of ketones is 1. The Balaban J connectivity index is 0.000000195. The number of likely N-dealkylation sites (tertiary alicyclic amines) is 5. The molecule has 6 amide bonds. The summed E-state index contributed by atoms with van der Waals surface area (Å²) in [5, 5.41) is 6.19. The van der Waals surface area contributed by atoms with E-state index in [1.165, 1.54) is 0 Å². The molecule has 2 unspecified atom stereocenters. The largest absolute Gasteiger partial charge is 0.490 e. The van der Waals surface area contributed by atoms with Crippen LogP contribution in [-0.4, -0.2) is 199 Å². The lowest BCUT2D eigenvalue weighted by atomic mass is 9.95. The minimum Gasteiger partial charge on any atom is -0.490 e. The molecule has 5 fully saturated rings. The van der Waals surface area contributed by atoms with Gasteiger partial charge in [0.25, 0.3) is 5.91 Å². The molecular formula is C62H94N10O8. The molecule has 0 spiro atoms. The maximum Gasteiger partial charge on any atom is 0.250 e. The van der Waals surface area contributed by atoms with Gasteiger partial charge in [-0.25, -0.2) is 0 Å². The predicted octanol–water partition coefficient (Wildman–Crippen LogP) is 5.53. The van der Waals surface area contributed by atoms with Gasteiger partial charge in [-0.15, -0.1) is 0 Å². The summed E-state index contributed by atoms with van der Waals surface area (Å²) in [4.78, 5) is 107. The van der Waals surface area contributed by atoms with Gasteiger partial charge in [0.1, 0.15) is 11.4 Å². The van der Waals surface area contributed by atoms with Crippen LogP contribution in [0.1, 0.15) is 148 Å². The van der Waals surface area contributed by atoms with Gasteiger partial charge < -0.3 is 54.6 Å². The summed E-state index contributed by atoms with van der Waals surface area (Å²) in [6, 6.07) is -0.0813. The van der Waals surface area contributed by atoms with Crippen molar-refractivity contribution in [2.75, 3.05) is 52.4 Å². The van der Waals surface area contributed by atoms with Crippen LogP contribution >= 0.6 is 0 Å². The van der Waals surface area contributed by atoms with Crippen LogP contribution in [0.4, 0.5) is 0 Å². The van der Waals surface area contributed by atoms with Gasteiger partial charge in [0.05, 0.1) is 66.8 Å². The fourth-order valence-corrected chi connectivity index (χ4v) is 14.9. The van der Waals surface area contributed by atoms with E-state index in [4.69, 9.17) is 4.74 Å². The summed E-state index contributed by atoms with van der Waals surface area (Å²) in [6.45, 7) is 33.6. The van der Waals surface area contributed by atoms with Crippen molar-refractivity contribution in [1.29, 1.82) is 0 Å². The number of hydrogen-bond acceptors (Lipinski definition) is 12. The van der Waals surface area contributed by atoms with Crippen LogP contribution in [-0.2, 0) is 38.3 Å². The van der Waals surface area contributed by atoms with Crippen molar-refractivity contribution in [3.8, 4) is 0 Å². The quantitative estimate of drug-likeness (QED) is 0.175. The van der Waals surface area contributed by atoms with Crippen LogP contribution < -0.4 is 10.6 Å². The number of amides is 6. The van der Waals surface area contributed by atoms with Crippen molar-refractivity contribution < 1.29 is 38.3 Å². The molecule has 0 saturated carbocycles. The molecule has 10 aliphatic rings. The van der Waals surface area contributed by atoms with Crippen molar-refractivity contribution in [2.45, 2.75) is 214 Å². The Morgan fingerprint density at radius 2 is 0.887 bits per heavy atom. The van der Waals surface area contributed by atoms with E-state index in [9.17, 15) is 33.6 Å². The van der Waals surface area contributed by atoms with E-state index in [2.05, 4.69) is 104 Å². The van der Waals surface area contributed by atoms with Gasteiger partial charge in [-0.3, -0.25) is 33.6 Å². The Bertz CT molecular complexity index is 2600. The third kappa shape index (κ3) is 11.9. The average Bonchev–Trinajstić information content (AvgIpc) is 4.28. The maximum absolute atomic E-state index is 13.4. The third-order valence-corrected chi connectivity index (χ3v) is 18.9. The van der Waals surface area contributed by atoms with Crippen LogP contribution in [0.15, 0.2) is 58.9 Å². The van der Waals surface area contributed by atoms with Crippen molar-refractivity contribution in [1.82, 2.24) is 49.8 Å². The highest BCUT2D eigenvalue weighted by Gasteiger charge is 2.50. The molecule has 0 aromatic heterocycles. The minimum atomic E-state index is -0.366. The van der Waals surface area contributed by atoms with E-state index in [1.807, 2.05) is 41.5 Å². The Hall–Kier alpha value is -5.81. The molecule has 2 N–H and O–H groups in total. The van der Waals surface area contributed by atoms with E-state index >= 15 is 0 Å². The molecule has 80 heavy (non-hydrogen) atoms. The summed E-state index contributed by atoms with van der Waals surface area (Å²) in [6.07, 6.45) is 15.9. The lowest BCUT2D eigenvalue weighted by Gasteiger charge is -2.37. The molecule has 0 aliphatic carbocycles. The molecule has 10 heterocycles. The SMILES string of the molecule is CCC(C)[C@H]1C(=O)CC(=O)N1[C@H]1CCN(C2=CC(=O)N([C@H]3CCN(C4=CC(=O)N[C@H]4CC(C)C)C3)[C@H]2C)C1.CCC(C)[C@H]1C(OC(C)(C)C)=CC(=O)N1[C@H]1CCN(C2=CC(=O)N([C@H]3CCN(C4=CC(=O)N[C@H]4CC(C)C)C3)[C@H]2C)C1. The first-order valence-electron chi connectivity index (χ1n) is 30.5. The highest BCUT2D eigenvalue weighted by molar-refractivity contribution is 6.08. The first-order chi connectivity index (χ1) is 37.8. The molecule has 0 aromatic rings. The second kappa shape index (κ2) is 23.6. The van der Waals surface area contributed by atoms with E-state index in [0.717, 1.165) is 126 Å². The molecule has 18 heteroatoms. The summed E-state index contributed by atoms with van der Waals surface area (Å²) in [7, 11) is 0. The standard InChI is InChI=1S/C33H51N5O4.C29H43N5O4/c1-9-21(4)32-28(42-33(6,7)8)17-31(41)38(32)24-11-12-35(19-24)26-16-30(40)37(22(26)5)23-10-13-36(18-23)27-15-29(39)34-25(27)14-20(2)3;1-6-18(4)29-25(35)14-28(38)34(29)21-8-9-31(16-21)23-13-27(37)33(19(23)5)20-7-10-32(15-20)24-12-26(36)30-22(24)11-17(2)3/h15-17,20-25,32H,9-14,18-19H2,1-8H3,(H,34,39);12-13,17-22,29H,6-11,14-16H2,1-5H3,(H,30,36)/t21?,22-,23-,24-,25-,32-;18?,19-,20-,21-,22-,29-/m00/s1. The Kier molecular flexibility index (Phi) is 17.3. The molecule has 5 saturated heterocycles. The Morgan fingerprint density at radius 3 is 1.29 bits per heavy atom. The van der Waals surface area contributed by atoms with E-state index in [1.54, 1.807) is 24.3 Å². The maximum atomic E-state index is 13.4. The third-order valence-electron chi connectivity index (χ3n) is 18.9. The average molecular weight is 1110 g/mol. The predicted molar refractivity (Wildman–Crippen MR) is 306 cm³/mol. The van der Waals surface area contributed by atoms with Crippen LogP contribution in [0.25, 0.3) is 0 Å². The van der Waals surface area contributed by atoms with Crippen molar-refractivity contribution >= 4 is 41.2 Å². The van der Waals surface area contributed by atoms with Gasteiger partial charge >= 0.3 is 0 Å². The summed E-state index contributed by atoms with van der Waals surface area (Å²) < 4.78 is 6.29. The van der Waals surface area contributed by atoms with Gasteiger partial charge in [-0.05, 0) is 96.8 Å². The van der Waals surface area contributed by atoms with Crippen molar-refractivity contribution in [3.63, 3.8) is 0 Å². The highest BCUT2D eigenvalue weighted by atomic mass is 16.5. The zero-order valence-electron chi connectivity index (χ0n) is 50.3. The number of nitrogens with zero attached hydrogens (tertiary/aromatic N) is 8. The molecule has 440 valence electrons. The lowest BCUT2D eigenvalue weighted by molar-refractivity contribution is -0.132. The number of rotatable bonds is 17.